The standard InChI is InChI=1S/C32H35F3N2O5/c1-4-16-37(3)17-15-30-22-11-8-12-24(30)41-28-25(30)21(18-23(22)37)13-14-31(28,42-19(2)38)36-29(40)26(32(33,34)35)27(39)20-9-6-5-7-10-20/h4-7,9-10,13-14,22-24,28H,1,8,11-12,15-18H2,2-3H3,(H-,36,39,40)/p+1/t22-,23+,24-,28?,30+,31?,37?/m0/s1. The highest BCUT2D eigenvalue weighted by atomic mass is 19.4. The fraction of sp³-hybridized carbons (Fsp3) is 0.500. The monoisotopic (exact) mass is 585 g/mol. The molecule has 3 fully saturated rings. The summed E-state index contributed by atoms with van der Waals surface area (Å²) in [5.74, 6) is -3.33. The minimum Gasteiger partial charge on any atom is -0.506 e. The number of amides is 1. The zero-order valence-corrected chi connectivity index (χ0v) is 23.7. The van der Waals surface area contributed by atoms with E-state index in [-0.39, 0.29) is 23.0 Å². The van der Waals surface area contributed by atoms with Crippen molar-refractivity contribution in [2.75, 3.05) is 20.1 Å². The summed E-state index contributed by atoms with van der Waals surface area (Å²) in [6.07, 6.45) is 3.09. The van der Waals surface area contributed by atoms with E-state index >= 15 is 0 Å². The average Bonchev–Trinajstić information content (AvgIpc) is 3.27. The predicted octanol–water partition coefficient (Wildman–Crippen LogP) is 5.12. The third-order valence-electron chi connectivity index (χ3n) is 10.2. The van der Waals surface area contributed by atoms with Gasteiger partial charge >= 0.3 is 12.1 Å². The van der Waals surface area contributed by atoms with Crippen LogP contribution in [0.5, 0.6) is 0 Å². The molecular weight excluding hydrogens is 549 g/mol. The summed E-state index contributed by atoms with van der Waals surface area (Å²) >= 11 is 0. The lowest BCUT2D eigenvalue weighted by Crippen LogP contribution is -2.69. The molecule has 2 N–H and O–H groups in total. The maximum atomic E-state index is 14.3. The van der Waals surface area contributed by atoms with Gasteiger partial charge in [0.15, 0.2) is 5.57 Å². The van der Waals surface area contributed by atoms with Crippen molar-refractivity contribution in [1.29, 1.82) is 0 Å². The molecule has 7 nitrogen and oxygen atoms in total. The molecule has 3 unspecified atom stereocenters. The summed E-state index contributed by atoms with van der Waals surface area (Å²) in [7, 11) is 2.27. The Hall–Kier alpha value is -3.37. The fourth-order valence-electron chi connectivity index (χ4n) is 8.65. The van der Waals surface area contributed by atoms with Crippen LogP contribution < -0.4 is 5.32 Å². The third kappa shape index (κ3) is 4.17. The minimum atomic E-state index is -5.20. The number of nitrogens with zero attached hydrogens (tertiary/aromatic N) is 1. The van der Waals surface area contributed by atoms with E-state index in [0.29, 0.717) is 6.04 Å². The number of benzene rings is 1. The van der Waals surface area contributed by atoms with Crippen LogP contribution in [0, 0.1) is 11.3 Å². The Kier molecular flexibility index (Phi) is 6.73. The lowest BCUT2D eigenvalue weighted by molar-refractivity contribution is -0.940. The molecule has 0 radical (unpaired) electrons. The van der Waals surface area contributed by atoms with Crippen LogP contribution >= 0.6 is 0 Å². The number of carbonyl (C=O) groups is 2. The van der Waals surface area contributed by atoms with Crippen molar-refractivity contribution in [1.82, 2.24) is 5.32 Å². The summed E-state index contributed by atoms with van der Waals surface area (Å²) in [6, 6.07) is 7.37. The Labute approximate surface area is 242 Å². The van der Waals surface area contributed by atoms with Gasteiger partial charge in [0.2, 0.25) is 5.72 Å². The topological polar surface area (TPSA) is 84.9 Å². The van der Waals surface area contributed by atoms with Crippen molar-refractivity contribution in [3.05, 3.63) is 77.4 Å². The highest BCUT2D eigenvalue weighted by molar-refractivity contribution is 6.01. The van der Waals surface area contributed by atoms with E-state index in [4.69, 9.17) is 9.47 Å². The van der Waals surface area contributed by atoms with Crippen molar-refractivity contribution < 1.29 is 41.8 Å². The molecule has 1 aromatic rings. The minimum absolute atomic E-state index is 0.170. The Morgan fingerprint density at radius 2 is 2.00 bits per heavy atom. The van der Waals surface area contributed by atoms with Gasteiger partial charge in [0.25, 0.3) is 5.91 Å². The second-order valence-corrected chi connectivity index (χ2v) is 12.5. The van der Waals surface area contributed by atoms with Gasteiger partial charge in [-0.05, 0) is 36.1 Å². The van der Waals surface area contributed by atoms with Crippen LogP contribution in [0.4, 0.5) is 13.2 Å². The normalized spacial score (nSPS) is 37.0. The molecule has 2 aliphatic heterocycles. The number of hydrogen-bond donors (Lipinski definition) is 2. The van der Waals surface area contributed by atoms with Crippen LogP contribution in [-0.4, -0.2) is 71.8 Å². The first-order chi connectivity index (χ1) is 19.9. The van der Waals surface area contributed by atoms with Crippen molar-refractivity contribution >= 4 is 17.6 Å². The van der Waals surface area contributed by atoms with Gasteiger partial charge in [-0.2, -0.15) is 13.2 Å². The van der Waals surface area contributed by atoms with E-state index in [1.165, 1.54) is 30.3 Å². The van der Waals surface area contributed by atoms with Crippen molar-refractivity contribution in [2.24, 2.45) is 11.3 Å². The molecule has 2 saturated heterocycles. The molecule has 7 atom stereocenters. The number of ether oxygens (including phenoxy) is 2. The fourth-order valence-corrected chi connectivity index (χ4v) is 8.65. The molecule has 10 heteroatoms. The number of rotatable bonds is 6. The van der Waals surface area contributed by atoms with Gasteiger partial charge in [0.1, 0.15) is 11.9 Å². The number of quaternary nitrogens is 1. The van der Waals surface area contributed by atoms with E-state index in [1.807, 2.05) is 6.08 Å². The van der Waals surface area contributed by atoms with Gasteiger partial charge in [-0.3, -0.25) is 9.59 Å². The average molecular weight is 586 g/mol. The predicted molar refractivity (Wildman–Crippen MR) is 148 cm³/mol. The van der Waals surface area contributed by atoms with E-state index < -0.39 is 41.2 Å². The summed E-state index contributed by atoms with van der Waals surface area (Å²) < 4.78 is 56.3. The van der Waals surface area contributed by atoms with E-state index in [9.17, 15) is 27.9 Å². The van der Waals surface area contributed by atoms with Crippen LogP contribution in [0.3, 0.4) is 0 Å². The summed E-state index contributed by atoms with van der Waals surface area (Å²) in [5.41, 5.74) is -2.34. The number of esters is 1. The molecule has 6 rings (SSSR count). The maximum absolute atomic E-state index is 14.3. The Morgan fingerprint density at radius 3 is 2.67 bits per heavy atom. The first-order valence-corrected chi connectivity index (χ1v) is 14.5. The highest BCUT2D eigenvalue weighted by Crippen LogP contribution is 2.67. The van der Waals surface area contributed by atoms with Crippen LogP contribution in [0.2, 0.25) is 0 Å². The third-order valence-corrected chi connectivity index (χ3v) is 10.2. The van der Waals surface area contributed by atoms with Crippen LogP contribution in [0.25, 0.3) is 5.76 Å². The largest absolute Gasteiger partial charge is 0.506 e. The highest BCUT2D eigenvalue weighted by Gasteiger charge is 2.71. The molecular formula is C32H36F3N2O5+. The molecule has 1 amide bonds. The van der Waals surface area contributed by atoms with E-state index in [1.54, 1.807) is 12.1 Å². The van der Waals surface area contributed by atoms with Gasteiger partial charge in [-0.1, -0.05) is 49.4 Å². The molecule has 3 aliphatic carbocycles. The molecule has 5 aliphatic rings. The SMILES string of the molecule is C=CC[N+]1(C)CC[C@]23C4=C5C=CC(NC(=O)C(=C(O)c6ccccc6)C(F)(F)F)(OC(C)=O)C4O[C@H]2CCC[C@H]3[C@H]1C5. The lowest BCUT2D eigenvalue weighted by Gasteiger charge is -2.61. The van der Waals surface area contributed by atoms with Crippen molar-refractivity contribution in [2.45, 2.75) is 69.2 Å². The number of likely N-dealkylation sites (N-methyl/N-ethyl adjacent to an activating group) is 1. The van der Waals surface area contributed by atoms with Gasteiger partial charge in [-0.25, -0.2) is 0 Å². The second-order valence-electron chi connectivity index (χ2n) is 12.5. The molecule has 0 aromatic heterocycles. The van der Waals surface area contributed by atoms with E-state index in [0.717, 1.165) is 67.7 Å². The van der Waals surface area contributed by atoms with E-state index in [2.05, 4.69) is 18.9 Å². The Balaban J connectivity index is 1.45. The number of nitrogens with one attached hydrogen (secondary N) is 1. The Morgan fingerprint density at radius 1 is 1.26 bits per heavy atom. The Bertz CT molecular complexity index is 1420. The molecule has 1 saturated carbocycles. The first kappa shape index (κ1) is 28.7. The smallest absolute Gasteiger partial charge is 0.425 e. The maximum Gasteiger partial charge on any atom is 0.425 e. The molecule has 42 heavy (non-hydrogen) atoms. The van der Waals surface area contributed by atoms with Gasteiger partial charge in [0.05, 0.1) is 32.3 Å². The number of alkyl halides is 3. The summed E-state index contributed by atoms with van der Waals surface area (Å²) in [4.78, 5) is 26.0. The lowest BCUT2D eigenvalue weighted by atomic mass is 9.50. The quantitative estimate of drug-likeness (QED) is 0.121. The number of piperidine rings is 1. The molecule has 1 aromatic carbocycles. The second kappa shape index (κ2) is 9.84. The first-order valence-electron chi connectivity index (χ1n) is 14.5. The molecule has 2 heterocycles. The van der Waals surface area contributed by atoms with Gasteiger partial charge < -0.3 is 24.4 Å². The number of hydrogen-bond acceptors (Lipinski definition) is 5. The van der Waals surface area contributed by atoms with Crippen LogP contribution in [-0.2, 0) is 19.1 Å². The van der Waals surface area contributed by atoms with Gasteiger partial charge in [-0.15, -0.1) is 0 Å². The number of halogens is 3. The van der Waals surface area contributed by atoms with Crippen LogP contribution in [0.15, 0.2) is 71.9 Å². The molecule has 1 spiro atoms. The zero-order valence-electron chi connectivity index (χ0n) is 23.7. The number of allylic oxidation sites excluding steroid dienone is 1. The molecule has 2 bridgehead atoms. The van der Waals surface area contributed by atoms with Crippen molar-refractivity contribution in [3.8, 4) is 0 Å². The summed E-state index contributed by atoms with van der Waals surface area (Å²) in [5, 5.41) is 13.0. The van der Waals surface area contributed by atoms with Crippen molar-refractivity contribution in [3.63, 3.8) is 0 Å². The zero-order chi connectivity index (χ0) is 30.1. The number of aliphatic hydroxyl groups is 1. The van der Waals surface area contributed by atoms with Gasteiger partial charge in [0, 0.05) is 36.7 Å². The summed E-state index contributed by atoms with van der Waals surface area (Å²) in [6.45, 7) is 6.86. The van der Waals surface area contributed by atoms with Crippen LogP contribution in [0.1, 0.15) is 44.6 Å². The number of carbonyl (C=O) groups excluding carboxylic acids is 2. The molecule has 224 valence electrons. The number of likely N-dealkylation sites (tertiary alicyclic amines) is 1. The number of aliphatic hydroxyl groups excluding tert-OH is 1.